The Kier molecular flexibility index (Phi) is 2.80. The van der Waals surface area contributed by atoms with Gasteiger partial charge < -0.3 is 10.6 Å². The first-order valence-corrected chi connectivity index (χ1v) is 6.38. The Labute approximate surface area is 106 Å². The van der Waals surface area contributed by atoms with Crippen LogP contribution in [0.15, 0.2) is 6.33 Å². The molecular formula is C11H16ClN5. The molecule has 0 aliphatic carbocycles. The molecule has 0 bridgehead atoms. The fourth-order valence-electron chi connectivity index (χ4n) is 2.78. The van der Waals surface area contributed by atoms with Crippen molar-refractivity contribution < 1.29 is 0 Å². The van der Waals surface area contributed by atoms with Crippen LogP contribution in [0.3, 0.4) is 0 Å². The summed E-state index contributed by atoms with van der Waals surface area (Å²) in [6, 6.07) is 0.649. The van der Waals surface area contributed by atoms with Crippen LogP contribution in [0.5, 0.6) is 0 Å². The normalized spacial score (nSPS) is 25.0. The molecule has 6 heteroatoms. The van der Waals surface area contributed by atoms with Gasteiger partial charge in [0.1, 0.15) is 17.2 Å². The molecule has 0 saturated carbocycles. The monoisotopic (exact) mass is 253 g/mol. The van der Waals surface area contributed by atoms with Gasteiger partial charge in [0.2, 0.25) is 0 Å². The van der Waals surface area contributed by atoms with E-state index in [0.29, 0.717) is 16.9 Å². The minimum atomic E-state index is 0.366. The zero-order valence-electron chi connectivity index (χ0n) is 9.64. The van der Waals surface area contributed by atoms with Crippen LogP contribution in [0.4, 0.5) is 11.6 Å². The maximum Gasteiger partial charge on any atom is 0.153 e. The number of fused-ring (bicyclic) bond motifs is 1. The Morgan fingerprint density at radius 3 is 3.06 bits per heavy atom. The van der Waals surface area contributed by atoms with Crippen LogP contribution in [0.1, 0.15) is 12.8 Å². The van der Waals surface area contributed by atoms with Crippen LogP contribution in [0.2, 0.25) is 5.02 Å². The third-order valence-corrected chi connectivity index (χ3v) is 4.05. The molecule has 0 aromatic carbocycles. The minimum absolute atomic E-state index is 0.366. The molecule has 1 aromatic rings. The van der Waals surface area contributed by atoms with E-state index in [1.165, 1.54) is 25.7 Å². The van der Waals surface area contributed by atoms with Crippen molar-refractivity contribution in [1.29, 1.82) is 0 Å². The Hall–Kier alpha value is -1.07. The van der Waals surface area contributed by atoms with E-state index in [-0.39, 0.29) is 0 Å². The van der Waals surface area contributed by atoms with Crippen molar-refractivity contribution in [2.75, 3.05) is 36.8 Å². The number of hydrogen-bond donors (Lipinski definition) is 1. The smallest absolute Gasteiger partial charge is 0.153 e. The fourth-order valence-corrected chi connectivity index (χ4v) is 2.99. The summed E-state index contributed by atoms with van der Waals surface area (Å²) in [6.07, 6.45) is 4.06. The molecule has 3 rings (SSSR count). The lowest BCUT2D eigenvalue weighted by molar-refractivity contribution is 0.230. The molecule has 2 aliphatic rings. The van der Waals surface area contributed by atoms with Crippen molar-refractivity contribution in [3.63, 3.8) is 0 Å². The predicted molar refractivity (Wildman–Crippen MR) is 68.3 cm³/mol. The molecule has 1 aromatic heterocycles. The molecule has 1 atom stereocenters. The topological polar surface area (TPSA) is 58.3 Å². The summed E-state index contributed by atoms with van der Waals surface area (Å²) in [6.45, 7) is 4.28. The number of piperazine rings is 1. The summed E-state index contributed by atoms with van der Waals surface area (Å²) in [4.78, 5) is 12.9. The molecule has 2 aliphatic heterocycles. The molecule has 5 nitrogen and oxygen atoms in total. The van der Waals surface area contributed by atoms with Crippen molar-refractivity contribution in [1.82, 2.24) is 14.9 Å². The standard InChI is InChI=1S/C11H16ClN5/c12-9-10(13)14-7-15-11(9)17-5-4-16-3-1-2-8(16)6-17/h7-8H,1-6H2,(H2,13,14,15). The van der Waals surface area contributed by atoms with Gasteiger partial charge in [-0.1, -0.05) is 11.6 Å². The van der Waals surface area contributed by atoms with E-state index in [0.717, 1.165) is 25.5 Å². The highest BCUT2D eigenvalue weighted by Gasteiger charge is 2.31. The predicted octanol–water partition coefficient (Wildman–Crippen LogP) is 0.997. The SMILES string of the molecule is Nc1ncnc(N2CCN3CCCC3C2)c1Cl. The first kappa shape index (κ1) is 11.0. The molecule has 3 heterocycles. The third-order valence-electron chi connectivity index (χ3n) is 3.68. The average molecular weight is 254 g/mol. The van der Waals surface area contributed by atoms with Gasteiger partial charge in [-0.25, -0.2) is 9.97 Å². The number of nitrogen functional groups attached to an aromatic ring is 1. The van der Waals surface area contributed by atoms with Crippen LogP contribution in [-0.2, 0) is 0 Å². The maximum absolute atomic E-state index is 6.16. The number of aromatic nitrogens is 2. The highest BCUT2D eigenvalue weighted by molar-refractivity contribution is 6.35. The average Bonchev–Trinajstić information content (AvgIpc) is 2.79. The zero-order chi connectivity index (χ0) is 11.8. The number of nitrogens with two attached hydrogens (primary N) is 1. The highest BCUT2D eigenvalue weighted by Crippen LogP contribution is 2.30. The molecule has 2 fully saturated rings. The second kappa shape index (κ2) is 4.31. The summed E-state index contributed by atoms with van der Waals surface area (Å²) in [5.74, 6) is 1.15. The number of rotatable bonds is 1. The van der Waals surface area contributed by atoms with Crippen molar-refractivity contribution in [3.05, 3.63) is 11.3 Å². The van der Waals surface area contributed by atoms with Crippen molar-refractivity contribution >= 4 is 23.2 Å². The number of halogens is 1. The number of anilines is 2. The van der Waals surface area contributed by atoms with Gasteiger partial charge >= 0.3 is 0 Å². The first-order valence-electron chi connectivity index (χ1n) is 6.00. The molecule has 2 saturated heterocycles. The van der Waals surface area contributed by atoms with Crippen LogP contribution < -0.4 is 10.6 Å². The molecule has 92 valence electrons. The molecule has 1 unspecified atom stereocenters. The summed E-state index contributed by atoms with van der Waals surface area (Å²) < 4.78 is 0. The van der Waals surface area contributed by atoms with Crippen molar-refractivity contribution in [3.8, 4) is 0 Å². The van der Waals surface area contributed by atoms with Gasteiger partial charge in [-0.3, -0.25) is 4.90 Å². The highest BCUT2D eigenvalue weighted by atomic mass is 35.5. The van der Waals surface area contributed by atoms with Crippen LogP contribution in [0, 0.1) is 0 Å². The van der Waals surface area contributed by atoms with E-state index in [1.54, 1.807) is 0 Å². The zero-order valence-corrected chi connectivity index (χ0v) is 10.4. The van der Waals surface area contributed by atoms with E-state index in [1.807, 2.05) is 0 Å². The van der Waals surface area contributed by atoms with Crippen molar-refractivity contribution in [2.24, 2.45) is 0 Å². The van der Waals surface area contributed by atoms with E-state index in [2.05, 4.69) is 19.8 Å². The largest absolute Gasteiger partial charge is 0.382 e. The summed E-state index contributed by atoms with van der Waals surface area (Å²) in [5.41, 5.74) is 5.71. The van der Waals surface area contributed by atoms with Gasteiger partial charge in [-0.2, -0.15) is 0 Å². The lowest BCUT2D eigenvalue weighted by Crippen LogP contribution is -2.50. The maximum atomic E-state index is 6.16. The fraction of sp³-hybridized carbons (Fsp3) is 0.636. The lowest BCUT2D eigenvalue weighted by Gasteiger charge is -2.38. The van der Waals surface area contributed by atoms with Gasteiger partial charge in [0.05, 0.1) is 0 Å². The molecule has 0 radical (unpaired) electrons. The molecule has 0 spiro atoms. The molecule has 17 heavy (non-hydrogen) atoms. The van der Waals surface area contributed by atoms with Gasteiger partial charge in [-0.05, 0) is 19.4 Å². The third kappa shape index (κ3) is 1.93. The van der Waals surface area contributed by atoms with Gasteiger partial charge in [0.25, 0.3) is 0 Å². The summed E-state index contributed by atoms with van der Waals surface area (Å²) in [5, 5.41) is 0.485. The van der Waals surface area contributed by atoms with Crippen LogP contribution in [-0.4, -0.2) is 47.1 Å². The molecule has 2 N–H and O–H groups in total. The van der Waals surface area contributed by atoms with Gasteiger partial charge in [0, 0.05) is 25.7 Å². The lowest BCUT2D eigenvalue weighted by atomic mass is 10.1. The van der Waals surface area contributed by atoms with E-state index in [4.69, 9.17) is 17.3 Å². The second-order valence-corrected chi connectivity index (χ2v) is 5.05. The van der Waals surface area contributed by atoms with Gasteiger partial charge in [0.15, 0.2) is 5.82 Å². The van der Waals surface area contributed by atoms with Crippen LogP contribution in [0.25, 0.3) is 0 Å². The Balaban J connectivity index is 1.82. The molecular weight excluding hydrogens is 238 g/mol. The van der Waals surface area contributed by atoms with Gasteiger partial charge in [-0.15, -0.1) is 0 Å². The minimum Gasteiger partial charge on any atom is -0.382 e. The second-order valence-electron chi connectivity index (χ2n) is 4.67. The first-order chi connectivity index (χ1) is 8.25. The quantitative estimate of drug-likeness (QED) is 0.809. The summed E-state index contributed by atoms with van der Waals surface area (Å²) >= 11 is 6.16. The molecule has 0 amide bonds. The van der Waals surface area contributed by atoms with E-state index < -0.39 is 0 Å². The Bertz CT molecular complexity index is 424. The van der Waals surface area contributed by atoms with E-state index in [9.17, 15) is 0 Å². The summed E-state index contributed by atoms with van der Waals surface area (Å²) in [7, 11) is 0. The number of nitrogens with zero attached hydrogens (tertiary/aromatic N) is 4. The van der Waals surface area contributed by atoms with Crippen molar-refractivity contribution in [2.45, 2.75) is 18.9 Å². The number of hydrogen-bond acceptors (Lipinski definition) is 5. The Morgan fingerprint density at radius 2 is 2.18 bits per heavy atom. The van der Waals surface area contributed by atoms with Crippen LogP contribution >= 0.6 is 11.6 Å². The Morgan fingerprint density at radius 1 is 1.29 bits per heavy atom. The van der Waals surface area contributed by atoms with E-state index >= 15 is 0 Å².